The maximum Gasteiger partial charge on any atom is -0.0228 e. The lowest BCUT2D eigenvalue weighted by atomic mass is 9.75. The molecule has 0 atom stereocenters. The predicted molar refractivity (Wildman–Crippen MR) is 63.0 cm³/mol. The molecule has 0 aromatic carbocycles. The van der Waals surface area contributed by atoms with E-state index in [9.17, 15) is 0 Å². The second kappa shape index (κ2) is 4.63. The summed E-state index contributed by atoms with van der Waals surface area (Å²) in [6, 6.07) is 0. The SMILES string of the molecule is [CH]=C(CCC=C)C1=CCCC(C)(C)C1. The Morgan fingerprint density at radius 2 is 2.36 bits per heavy atom. The van der Waals surface area contributed by atoms with Crippen LogP contribution in [0.2, 0.25) is 0 Å². The van der Waals surface area contributed by atoms with Crippen LogP contribution in [0.15, 0.2) is 29.9 Å². The van der Waals surface area contributed by atoms with Crippen molar-refractivity contribution in [2.45, 2.75) is 46.0 Å². The molecule has 14 heavy (non-hydrogen) atoms. The van der Waals surface area contributed by atoms with E-state index in [1.54, 1.807) is 0 Å². The Labute approximate surface area is 88.4 Å². The van der Waals surface area contributed by atoms with E-state index in [1.165, 1.54) is 18.4 Å². The summed E-state index contributed by atoms with van der Waals surface area (Å²) in [7, 11) is 0. The van der Waals surface area contributed by atoms with Gasteiger partial charge in [-0.05, 0) is 48.7 Å². The molecule has 0 heterocycles. The van der Waals surface area contributed by atoms with Gasteiger partial charge in [0, 0.05) is 0 Å². The van der Waals surface area contributed by atoms with Crippen molar-refractivity contribution in [1.29, 1.82) is 0 Å². The zero-order valence-electron chi connectivity index (χ0n) is 9.47. The van der Waals surface area contributed by atoms with Crippen molar-refractivity contribution < 1.29 is 0 Å². The van der Waals surface area contributed by atoms with Gasteiger partial charge in [0.15, 0.2) is 0 Å². The summed E-state index contributed by atoms with van der Waals surface area (Å²) in [5, 5.41) is 0. The minimum Gasteiger partial charge on any atom is -0.103 e. The topological polar surface area (TPSA) is 0 Å². The van der Waals surface area contributed by atoms with Crippen LogP contribution in [0, 0.1) is 12.0 Å². The molecule has 0 saturated heterocycles. The summed E-state index contributed by atoms with van der Waals surface area (Å²) in [4.78, 5) is 0. The first-order valence-electron chi connectivity index (χ1n) is 5.47. The van der Waals surface area contributed by atoms with Crippen LogP contribution in [0.5, 0.6) is 0 Å². The predicted octanol–water partition coefficient (Wildman–Crippen LogP) is 4.45. The molecule has 1 aliphatic rings. The van der Waals surface area contributed by atoms with E-state index < -0.39 is 0 Å². The first kappa shape index (κ1) is 11.3. The molecule has 0 unspecified atom stereocenters. The summed E-state index contributed by atoms with van der Waals surface area (Å²) < 4.78 is 0. The van der Waals surface area contributed by atoms with Crippen LogP contribution >= 0.6 is 0 Å². The molecule has 0 spiro atoms. The second-order valence-corrected chi connectivity index (χ2v) is 4.96. The Hall–Kier alpha value is -0.780. The van der Waals surface area contributed by atoms with Crippen molar-refractivity contribution in [1.82, 2.24) is 0 Å². The summed E-state index contributed by atoms with van der Waals surface area (Å²) in [6.07, 6.45) is 9.79. The third-order valence-electron chi connectivity index (χ3n) is 2.91. The molecule has 0 bridgehead atoms. The van der Waals surface area contributed by atoms with Crippen LogP contribution in [0.3, 0.4) is 0 Å². The lowest BCUT2D eigenvalue weighted by molar-refractivity contribution is 0.321. The highest BCUT2D eigenvalue weighted by molar-refractivity contribution is 5.29. The van der Waals surface area contributed by atoms with Gasteiger partial charge in [0.1, 0.15) is 0 Å². The molecule has 0 aromatic heterocycles. The van der Waals surface area contributed by atoms with Gasteiger partial charge in [0.05, 0.1) is 0 Å². The quantitative estimate of drug-likeness (QED) is 0.573. The van der Waals surface area contributed by atoms with Crippen molar-refractivity contribution in [2.24, 2.45) is 5.41 Å². The van der Waals surface area contributed by atoms with Gasteiger partial charge in [-0.25, -0.2) is 0 Å². The minimum absolute atomic E-state index is 0.433. The Bertz CT molecular complexity index is 253. The Morgan fingerprint density at radius 3 is 2.93 bits per heavy atom. The van der Waals surface area contributed by atoms with E-state index in [4.69, 9.17) is 6.58 Å². The third kappa shape index (κ3) is 3.17. The molecule has 0 amide bonds. The lowest BCUT2D eigenvalue weighted by Gasteiger charge is -2.30. The van der Waals surface area contributed by atoms with Gasteiger partial charge in [0.2, 0.25) is 0 Å². The van der Waals surface area contributed by atoms with Gasteiger partial charge in [-0.1, -0.05) is 32.6 Å². The van der Waals surface area contributed by atoms with Crippen LogP contribution in [0.1, 0.15) is 46.0 Å². The van der Waals surface area contributed by atoms with Gasteiger partial charge in [-0.3, -0.25) is 0 Å². The smallest absolute Gasteiger partial charge is 0.0228 e. The zero-order valence-corrected chi connectivity index (χ0v) is 9.47. The van der Waals surface area contributed by atoms with Gasteiger partial charge in [-0.15, -0.1) is 6.58 Å². The average molecular weight is 189 g/mol. The van der Waals surface area contributed by atoms with Crippen LogP contribution in [-0.2, 0) is 0 Å². The molecule has 0 fully saturated rings. The largest absolute Gasteiger partial charge is 0.103 e. The number of hydrogen-bond donors (Lipinski definition) is 0. The highest BCUT2D eigenvalue weighted by Gasteiger charge is 2.23. The molecule has 77 valence electrons. The molecule has 0 nitrogen and oxygen atoms in total. The fourth-order valence-electron chi connectivity index (χ4n) is 1.98. The fraction of sp³-hybridized carbons (Fsp3) is 0.571. The summed E-state index contributed by atoms with van der Waals surface area (Å²) >= 11 is 0. The van der Waals surface area contributed by atoms with Crippen molar-refractivity contribution in [2.75, 3.05) is 0 Å². The molecular formula is C14H21. The highest BCUT2D eigenvalue weighted by atomic mass is 14.3. The average Bonchev–Trinajstić information content (AvgIpc) is 2.12. The maximum absolute atomic E-state index is 6.06. The molecule has 0 aromatic rings. The first-order chi connectivity index (χ1) is 6.55. The van der Waals surface area contributed by atoms with Crippen LogP contribution in [0.4, 0.5) is 0 Å². The monoisotopic (exact) mass is 189 g/mol. The molecule has 0 heteroatoms. The van der Waals surface area contributed by atoms with E-state index in [2.05, 4.69) is 26.5 Å². The lowest BCUT2D eigenvalue weighted by Crippen LogP contribution is -2.16. The molecule has 1 rings (SSSR count). The molecular weight excluding hydrogens is 168 g/mol. The highest BCUT2D eigenvalue weighted by Crippen LogP contribution is 2.38. The fourth-order valence-corrected chi connectivity index (χ4v) is 1.98. The van der Waals surface area contributed by atoms with Crippen molar-refractivity contribution in [3.8, 4) is 0 Å². The van der Waals surface area contributed by atoms with E-state index in [-0.39, 0.29) is 0 Å². The molecule has 0 saturated carbocycles. The maximum atomic E-state index is 6.06. The van der Waals surface area contributed by atoms with Crippen molar-refractivity contribution in [3.05, 3.63) is 36.5 Å². The minimum atomic E-state index is 0.433. The van der Waals surface area contributed by atoms with Crippen molar-refractivity contribution >= 4 is 0 Å². The first-order valence-corrected chi connectivity index (χ1v) is 5.47. The molecule has 1 aliphatic carbocycles. The van der Waals surface area contributed by atoms with E-state index in [1.807, 2.05) is 6.08 Å². The Kier molecular flexibility index (Phi) is 3.74. The van der Waals surface area contributed by atoms with E-state index in [0.29, 0.717) is 5.41 Å². The number of rotatable bonds is 4. The van der Waals surface area contributed by atoms with Crippen LogP contribution in [0.25, 0.3) is 0 Å². The van der Waals surface area contributed by atoms with Crippen LogP contribution in [-0.4, -0.2) is 0 Å². The van der Waals surface area contributed by atoms with Crippen molar-refractivity contribution in [3.63, 3.8) is 0 Å². The third-order valence-corrected chi connectivity index (χ3v) is 2.91. The molecule has 0 N–H and O–H groups in total. The van der Waals surface area contributed by atoms with E-state index in [0.717, 1.165) is 24.8 Å². The summed E-state index contributed by atoms with van der Waals surface area (Å²) in [5.41, 5.74) is 2.88. The standard InChI is InChI=1S/C14H21/c1-5-6-8-12(2)13-9-7-10-14(3,4)11-13/h2,5,9H,1,6-8,10-11H2,3-4H3. The van der Waals surface area contributed by atoms with Gasteiger partial charge in [0.25, 0.3) is 0 Å². The van der Waals surface area contributed by atoms with Gasteiger partial charge in [-0.2, -0.15) is 0 Å². The molecule has 1 radical (unpaired) electrons. The van der Waals surface area contributed by atoms with E-state index >= 15 is 0 Å². The Balaban J connectivity index is 2.55. The normalized spacial score (nSPS) is 20.0. The van der Waals surface area contributed by atoms with Gasteiger partial charge < -0.3 is 0 Å². The zero-order chi connectivity index (χ0) is 10.6. The Morgan fingerprint density at radius 1 is 1.64 bits per heavy atom. The number of hydrogen-bond acceptors (Lipinski definition) is 0. The molecule has 0 aliphatic heterocycles. The summed E-state index contributed by atoms with van der Waals surface area (Å²) in [5.74, 6) is 0. The van der Waals surface area contributed by atoms with Gasteiger partial charge >= 0.3 is 0 Å². The summed E-state index contributed by atoms with van der Waals surface area (Å²) in [6.45, 7) is 14.4. The number of allylic oxidation sites excluding steroid dienone is 4. The second-order valence-electron chi connectivity index (χ2n) is 4.96. The van der Waals surface area contributed by atoms with Crippen LogP contribution < -0.4 is 0 Å².